The highest BCUT2D eigenvalue weighted by molar-refractivity contribution is 7.89. The first kappa shape index (κ1) is 19.2. The maximum absolute atomic E-state index is 14.5. The fraction of sp³-hybridized carbons (Fsp3) is 0.421. The fourth-order valence-electron chi connectivity index (χ4n) is 5.19. The number of nitrogens with zero attached hydrogens (tertiary/aromatic N) is 2. The van der Waals surface area contributed by atoms with Crippen LogP contribution in [0.25, 0.3) is 0 Å². The maximum Gasteiger partial charge on any atom is 0.240 e. The zero-order valence-electron chi connectivity index (χ0n) is 15.9. The van der Waals surface area contributed by atoms with Crippen LogP contribution in [-0.4, -0.2) is 36.9 Å². The number of carbonyl (C=O) groups excluding carboxylic acids is 1. The molecule has 1 aromatic heterocycles. The lowest BCUT2D eigenvalue weighted by molar-refractivity contribution is -0.123. The molecule has 1 aliphatic heterocycles. The van der Waals surface area contributed by atoms with Crippen LogP contribution in [0.5, 0.6) is 0 Å². The van der Waals surface area contributed by atoms with Crippen LogP contribution in [0.2, 0.25) is 0 Å². The minimum atomic E-state index is -3.72. The maximum atomic E-state index is 14.5. The average Bonchev–Trinajstić information content (AvgIpc) is 3.27. The summed E-state index contributed by atoms with van der Waals surface area (Å²) in [7, 11) is -3.72. The van der Waals surface area contributed by atoms with Crippen molar-refractivity contribution >= 4 is 33.4 Å². The second-order valence-electron chi connectivity index (χ2n) is 8.15. The molecular formula is C19H21FN6O3S. The number of hydrogen-bond donors (Lipinski definition) is 4. The molecular weight excluding hydrogens is 411 g/mol. The van der Waals surface area contributed by atoms with Gasteiger partial charge in [-0.2, -0.15) is 4.98 Å². The molecule has 158 valence electrons. The first-order valence-corrected chi connectivity index (χ1v) is 11.3. The quantitative estimate of drug-likeness (QED) is 0.531. The van der Waals surface area contributed by atoms with Crippen molar-refractivity contribution < 1.29 is 17.6 Å². The third-order valence-electron chi connectivity index (χ3n) is 6.45. The predicted octanol–water partition coefficient (Wildman–Crippen LogP) is 1.19. The predicted molar refractivity (Wildman–Crippen MR) is 107 cm³/mol. The molecule has 0 spiro atoms. The Hall–Kier alpha value is -2.79. The number of nitrogens with one attached hydrogen (secondary N) is 3. The average molecular weight is 432 g/mol. The van der Waals surface area contributed by atoms with Crippen LogP contribution in [0.3, 0.4) is 0 Å². The molecule has 2 fully saturated rings. The molecule has 2 aromatic rings. The van der Waals surface area contributed by atoms with E-state index in [0.29, 0.717) is 12.1 Å². The van der Waals surface area contributed by atoms with Gasteiger partial charge in [-0.25, -0.2) is 22.5 Å². The molecule has 2 aliphatic carbocycles. The Bertz CT molecular complexity index is 1130. The summed E-state index contributed by atoms with van der Waals surface area (Å²) in [6.07, 6.45) is 2.46. The molecule has 2 saturated carbocycles. The lowest BCUT2D eigenvalue weighted by atomic mass is 9.78. The number of primary amides is 1. The summed E-state index contributed by atoms with van der Waals surface area (Å²) in [6, 6.07) is 5.83. The Kier molecular flexibility index (Phi) is 4.40. The first-order chi connectivity index (χ1) is 14.3. The molecule has 0 radical (unpaired) electrons. The van der Waals surface area contributed by atoms with Crippen molar-refractivity contribution in [3.63, 3.8) is 0 Å². The van der Waals surface area contributed by atoms with E-state index in [1.54, 1.807) is 12.1 Å². The van der Waals surface area contributed by atoms with E-state index in [1.807, 2.05) is 0 Å². The van der Waals surface area contributed by atoms with Gasteiger partial charge >= 0.3 is 0 Å². The van der Waals surface area contributed by atoms with Crippen molar-refractivity contribution in [2.45, 2.75) is 23.8 Å². The second kappa shape index (κ2) is 6.88. The number of halogens is 1. The highest BCUT2D eigenvalue weighted by Gasteiger charge is 2.55. The molecule has 5 N–H and O–H groups in total. The number of rotatable bonds is 1. The van der Waals surface area contributed by atoms with Gasteiger partial charge in [-0.1, -0.05) is 6.07 Å². The number of fused-ring (bicyclic) bond motifs is 5. The van der Waals surface area contributed by atoms with E-state index in [-0.39, 0.29) is 41.0 Å². The van der Waals surface area contributed by atoms with Gasteiger partial charge in [0.2, 0.25) is 21.9 Å². The standard InChI is InChI=1S/C19H21FN6O3S/c20-14-8-22-19-24-11-2-1-3-12(6-11)30(28,29)23-7-10-4-9-5-13(10)16(15(9)17(21)27)25-18(14)26-19/h1-3,6,8-10,13,15-16,23H,4-5,7H2,(H2,21,27)(H2,22,24,25,26)/t9-,10+,13-,15+,16-/m1/s1. The van der Waals surface area contributed by atoms with Gasteiger partial charge < -0.3 is 16.4 Å². The molecule has 2 heterocycles. The molecule has 1 aromatic carbocycles. The molecule has 5 rings (SSSR count). The van der Waals surface area contributed by atoms with Gasteiger partial charge in [-0.15, -0.1) is 0 Å². The molecule has 6 bridgehead atoms. The molecule has 9 nitrogen and oxygen atoms in total. The minimum absolute atomic E-state index is 0.00601. The molecule has 0 saturated heterocycles. The van der Waals surface area contributed by atoms with E-state index >= 15 is 0 Å². The summed E-state index contributed by atoms with van der Waals surface area (Å²) in [5, 5.41) is 5.98. The highest BCUT2D eigenvalue weighted by Crippen LogP contribution is 2.52. The number of anilines is 3. The Morgan fingerprint density at radius 3 is 2.87 bits per heavy atom. The highest BCUT2D eigenvalue weighted by atomic mass is 32.2. The minimum Gasteiger partial charge on any atom is -0.369 e. The van der Waals surface area contributed by atoms with Crippen LogP contribution in [0.1, 0.15) is 12.8 Å². The third kappa shape index (κ3) is 3.18. The Morgan fingerprint density at radius 1 is 1.23 bits per heavy atom. The van der Waals surface area contributed by atoms with Crippen molar-refractivity contribution in [3.8, 4) is 0 Å². The number of aromatic nitrogens is 2. The van der Waals surface area contributed by atoms with E-state index in [9.17, 15) is 17.6 Å². The molecule has 5 atom stereocenters. The van der Waals surface area contributed by atoms with Crippen molar-refractivity contribution in [2.24, 2.45) is 29.4 Å². The van der Waals surface area contributed by atoms with Gasteiger partial charge in [0, 0.05) is 18.3 Å². The van der Waals surface area contributed by atoms with Crippen LogP contribution in [0.15, 0.2) is 35.4 Å². The summed E-state index contributed by atoms with van der Waals surface area (Å²) in [4.78, 5) is 20.4. The Labute approximate surface area is 172 Å². The smallest absolute Gasteiger partial charge is 0.240 e. The van der Waals surface area contributed by atoms with E-state index in [1.165, 1.54) is 12.1 Å². The van der Waals surface area contributed by atoms with Crippen LogP contribution in [0, 0.1) is 29.5 Å². The van der Waals surface area contributed by atoms with Crippen molar-refractivity contribution in [3.05, 3.63) is 36.3 Å². The molecule has 0 unspecified atom stereocenters. The van der Waals surface area contributed by atoms with Gasteiger partial charge in [0.15, 0.2) is 11.6 Å². The second-order valence-corrected chi connectivity index (χ2v) is 9.92. The lowest BCUT2D eigenvalue weighted by Crippen LogP contribution is -2.47. The molecule has 3 aliphatic rings. The molecule has 30 heavy (non-hydrogen) atoms. The number of nitrogens with two attached hydrogens (primary N) is 1. The number of sulfonamides is 1. The fourth-order valence-corrected chi connectivity index (χ4v) is 6.33. The van der Waals surface area contributed by atoms with Crippen LogP contribution in [0.4, 0.5) is 21.8 Å². The van der Waals surface area contributed by atoms with Crippen molar-refractivity contribution in [2.75, 3.05) is 17.2 Å². The first-order valence-electron chi connectivity index (χ1n) is 9.77. The van der Waals surface area contributed by atoms with Crippen molar-refractivity contribution in [1.82, 2.24) is 14.7 Å². The van der Waals surface area contributed by atoms with Gasteiger partial charge in [-0.05, 0) is 48.8 Å². The zero-order valence-corrected chi connectivity index (χ0v) is 16.7. The van der Waals surface area contributed by atoms with Crippen LogP contribution < -0.4 is 21.1 Å². The number of amides is 1. The lowest BCUT2D eigenvalue weighted by Gasteiger charge is -2.35. The normalized spacial score (nSPS) is 31.3. The van der Waals surface area contributed by atoms with Crippen LogP contribution >= 0.6 is 0 Å². The van der Waals surface area contributed by atoms with Gasteiger partial charge in [0.1, 0.15) is 0 Å². The topological polar surface area (TPSA) is 139 Å². The Balaban J connectivity index is 1.60. The number of benzene rings is 1. The molecule has 1 amide bonds. The Morgan fingerprint density at radius 2 is 2.07 bits per heavy atom. The van der Waals surface area contributed by atoms with E-state index in [2.05, 4.69) is 25.3 Å². The van der Waals surface area contributed by atoms with Gasteiger partial charge in [-0.3, -0.25) is 4.79 Å². The van der Waals surface area contributed by atoms with Gasteiger partial charge in [0.25, 0.3) is 0 Å². The van der Waals surface area contributed by atoms with E-state index in [4.69, 9.17) is 5.73 Å². The summed E-state index contributed by atoms with van der Waals surface area (Å²) in [5.74, 6) is -1.44. The summed E-state index contributed by atoms with van der Waals surface area (Å²) in [6.45, 7) is 0.238. The number of hydrogen-bond acceptors (Lipinski definition) is 7. The monoisotopic (exact) mass is 432 g/mol. The summed E-state index contributed by atoms with van der Waals surface area (Å²) >= 11 is 0. The largest absolute Gasteiger partial charge is 0.369 e. The molecule has 11 heteroatoms. The van der Waals surface area contributed by atoms with Crippen LogP contribution in [-0.2, 0) is 14.8 Å². The van der Waals surface area contributed by atoms with Crippen molar-refractivity contribution in [1.29, 1.82) is 0 Å². The van der Waals surface area contributed by atoms with E-state index < -0.39 is 33.7 Å². The van der Waals surface area contributed by atoms with E-state index in [0.717, 1.165) is 12.6 Å². The zero-order chi connectivity index (χ0) is 21.0. The number of carbonyl (C=O) groups is 1. The summed E-state index contributed by atoms with van der Waals surface area (Å²) < 4.78 is 42.8. The van der Waals surface area contributed by atoms with Gasteiger partial charge in [0.05, 0.1) is 17.0 Å². The summed E-state index contributed by atoms with van der Waals surface area (Å²) in [5.41, 5.74) is 6.10. The SMILES string of the molecule is NC(=O)[C@H]1[C@@H]2C[C@H]3CNS(=O)(=O)c4cccc(c4)Nc4ncc(F)c(n4)N[C@@H]1[C@@H]3C2. The third-order valence-corrected chi connectivity index (χ3v) is 7.88.